The monoisotopic (exact) mass is 412 g/mol. The van der Waals surface area contributed by atoms with Crippen LogP contribution in [0.15, 0.2) is 42.2 Å². The van der Waals surface area contributed by atoms with Gasteiger partial charge >= 0.3 is 0 Å². The van der Waals surface area contributed by atoms with Gasteiger partial charge in [0.1, 0.15) is 11.6 Å². The Morgan fingerprint density at radius 3 is 2.66 bits per heavy atom. The van der Waals surface area contributed by atoms with E-state index in [0.29, 0.717) is 5.69 Å². The lowest BCUT2D eigenvalue weighted by Crippen LogP contribution is -2.29. The first kappa shape index (κ1) is 19.6. The van der Waals surface area contributed by atoms with E-state index in [1.54, 1.807) is 41.0 Å². The summed E-state index contributed by atoms with van der Waals surface area (Å²) in [5.41, 5.74) is 4.00. The summed E-state index contributed by atoms with van der Waals surface area (Å²) in [5.74, 6) is 0.650. The van der Waals surface area contributed by atoms with Crippen molar-refractivity contribution in [2.45, 2.75) is 38.6 Å². The van der Waals surface area contributed by atoms with Crippen LogP contribution in [0.5, 0.6) is 0 Å². The molecule has 29 heavy (non-hydrogen) atoms. The number of imidazole rings is 1. The summed E-state index contributed by atoms with van der Waals surface area (Å²) in [5, 5.41) is 13.5. The molecule has 3 aromatic rings. The third kappa shape index (κ3) is 4.03. The zero-order valence-corrected chi connectivity index (χ0v) is 18.0. The molecular formula is C21H25FN6S. The van der Waals surface area contributed by atoms with Crippen molar-refractivity contribution in [3.63, 3.8) is 0 Å². The largest absolute Gasteiger partial charge is 0.356 e. The van der Waals surface area contributed by atoms with Gasteiger partial charge in [-0.1, -0.05) is 38.6 Å². The predicted octanol–water partition coefficient (Wildman–Crippen LogP) is 4.38. The summed E-state index contributed by atoms with van der Waals surface area (Å²) in [4.78, 5) is 4.16. The molecule has 0 bridgehead atoms. The molecule has 0 saturated heterocycles. The van der Waals surface area contributed by atoms with Gasteiger partial charge in [0.05, 0.1) is 29.1 Å². The van der Waals surface area contributed by atoms with E-state index in [1.807, 2.05) is 30.1 Å². The van der Waals surface area contributed by atoms with Gasteiger partial charge in [0.2, 0.25) is 0 Å². The third-order valence-electron chi connectivity index (χ3n) is 4.78. The number of anilines is 1. The first-order valence-corrected chi connectivity index (χ1v) is 10.4. The van der Waals surface area contributed by atoms with Crippen molar-refractivity contribution in [3.05, 3.63) is 65.0 Å². The van der Waals surface area contributed by atoms with Crippen LogP contribution in [0, 0.1) is 12.7 Å². The maximum atomic E-state index is 14.7. The molecule has 1 atom stereocenters. The molecule has 0 amide bonds. The minimum atomic E-state index is -0.287. The van der Waals surface area contributed by atoms with Crippen LogP contribution >= 0.6 is 11.8 Å². The van der Waals surface area contributed by atoms with Crippen LogP contribution in [0.2, 0.25) is 0 Å². The summed E-state index contributed by atoms with van der Waals surface area (Å²) in [6, 6.07) is 7.31. The number of nitrogens with one attached hydrogen (secondary N) is 2. The van der Waals surface area contributed by atoms with Crippen LogP contribution in [-0.2, 0) is 12.5 Å². The number of aryl methyl sites for hydroxylation is 2. The highest BCUT2D eigenvalue weighted by atomic mass is 32.2. The van der Waals surface area contributed by atoms with Gasteiger partial charge in [-0.2, -0.15) is 5.10 Å². The maximum Gasteiger partial charge on any atom is 0.151 e. The highest BCUT2D eigenvalue weighted by Crippen LogP contribution is 2.31. The van der Waals surface area contributed by atoms with E-state index in [9.17, 15) is 4.39 Å². The Morgan fingerprint density at radius 2 is 2.03 bits per heavy atom. The first-order valence-electron chi connectivity index (χ1n) is 9.45. The summed E-state index contributed by atoms with van der Waals surface area (Å²) >= 11 is 1.61. The van der Waals surface area contributed by atoms with Gasteiger partial charge in [-0.15, -0.1) is 0 Å². The van der Waals surface area contributed by atoms with Gasteiger partial charge < -0.3 is 15.2 Å². The van der Waals surface area contributed by atoms with E-state index >= 15 is 0 Å². The predicted molar refractivity (Wildman–Crippen MR) is 116 cm³/mol. The molecule has 0 spiro atoms. The number of hydrogen-bond donors (Lipinski definition) is 2. The average molecular weight is 413 g/mol. The molecule has 152 valence electrons. The van der Waals surface area contributed by atoms with Crippen molar-refractivity contribution < 1.29 is 4.39 Å². The van der Waals surface area contributed by atoms with Gasteiger partial charge in [-0.05, 0) is 24.5 Å². The molecule has 0 fully saturated rings. The van der Waals surface area contributed by atoms with Crippen molar-refractivity contribution in [1.82, 2.24) is 24.6 Å². The molecule has 2 aromatic heterocycles. The Bertz CT molecular complexity index is 1080. The molecule has 0 aliphatic carbocycles. The van der Waals surface area contributed by atoms with Gasteiger partial charge in [0, 0.05) is 30.3 Å². The van der Waals surface area contributed by atoms with E-state index in [-0.39, 0.29) is 16.7 Å². The second kappa shape index (κ2) is 7.26. The number of rotatable bonds is 4. The molecule has 1 unspecified atom stereocenters. The number of aromatic nitrogens is 4. The third-order valence-corrected chi connectivity index (χ3v) is 5.66. The number of benzene rings is 1. The van der Waals surface area contributed by atoms with Crippen molar-refractivity contribution in [2.24, 2.45) is 7.05 Å². The molecule has 0 radical (unpaired) electrons. The van der Waals surface area contributed by atoms with Gasteiger partial charge in [0.25, 0.3) is 0 Å². The highest BCUT2D eigenvalue weighted by molar-refractivity contribution is 8.03. The fourth-order valence-electron chi connectivity index (χ4n) is 3.11. The van der Waals surface area contributed by atoms with E-state index in [4.69, 9.17) is 0 Å². The first-order chi connectivity index (χ1) is 13.7. The SMILES string of the molecule is Cc1cn(-c2ccc(C3=CSC(Nc4cc(C(C)(C)C)nn4C)N3)cc2F)cn1. The maximum absolute atomic E-state index is 14.7. The summed E-state index contributed by atoms with van der Waals surface area (Å²) in [6.07, 6.45) is 3.43. The Hall–Kier alpha value is -2.74. The van der Waals surface area contributed by atoms with Crippen LogP contribution in [0.3, 0.4) is 0 Å². The Labute approximate surface area is 174 Å². The molecule has 6 nitrogen and oxygen atoms in total. The Morgan fingerprint density at radius 1 is 1.24 bits per heavy atom. The van der Waals surface area contributed by atoms with Crippen LogP contribution in [-0.4, -0.2) is 24.8 Å². The lowest BCUT2D eigenvalue weighted by Gasteiger charge is -2.16. The molecule has 3 heterocycles. The number of thioether (sulfide) groups is 1. The van der Waals surface area contributed by atoms with E-state index in [2.05, 4.69) is 47.6 Å². The summed E-state index contributed by atoms with van der Waals surface area (Å²) in [7, 11) is 1.93. The molecule has 0 saturated carbocycles. The molecule has 2 N–H and O–H groups in total. The normalized spacial score (nSPS) is 16.6. The highest BCUT2D eigenvalue weighted by Gasteiger charge is 2.23. The molecule has 8 heteroatoms. The number of hydrogen-bond acceptors (Lipinski definition) is 5. The number of halogens is 1. The zero-order valence-electron chi connectivity index (χ0n) is 17.2. The molecular weight excluding hydrogens is 387 g/mol. The number of nitrogens with zero attached hydrogens (tertiary/aromatic N) is 4. The molecule has 1 aromatic carbocycles. The summed E-state index contributed by atoms with van der Waals surface area (Å²) < 4.78 is 18.2. The smallest absolute Gasteiger partial charge is 0.151 e. The van der Waals surface area contributed by atoms with Crippen molar-refractivity contribution in [2.75, 3.05) is 5.32 Å². The van der Waals surface area contributed by atoms with Crippen LogP contribution in [0.25, 0.3) is 11.4 Å². The van der Waals surface area contributed by atoms with Gasteiger partial charge in [-0.25, -0.2) is 9.37 Å². The van der Waals surface area contributed by atoms with E-state index in [1.165, 1.54) is 0 Å². The molecule has 4 rings (SSSR count). The van der Waals surface area contributed by atoms with Gasteiger partial charge in [-0.3, -0.25) is 4.68 Å². The Balaban J connectivity index is 1.46. The minimum absolute atomic E-state index is 0.00952. The molecule has 1 aliphatic rings. The van der Waals surface area contributed by atoms with Crippen LogP contribution < -0.4 is 10.6 Å². The molecule has 1 aliphatic heterocycles. The topological polar surface area (TPSA) is 59.7 Å². The lowest BCUT2D eigenvalue weighted by molar-refractivity contribution is 0.553. The minimum Gasteiger partial charge on any atom is -0.356 e. The lowest BCUT2D eigenvalue weighted by atomic mass is 9.92. The van der Waals surface area contributed by atoms with Crippen molar-refractivity contribution >= 4 is 23.3 Å². The van der Waals surface area contributed by atoms with E-state index in [0.717, 1.165) is 28.5 Å². The standard InChI is InChI=1S/C21H25FN6S/c1-13-10-28(12-23-13)17-7-6-14(8-15(17)22)16-11-29-20(24-16)25-19-9-18(21(2,3)4)26-27(19)5/h6-12,20,24-25H,1-5H3. The second-order valence-corrected chi connectivity index (χ2v) is 9.19. The second-order valence-electron chi connectivity index (χ2n) is 8.21. The fourth-order valence-corrected chi connectivity index (χ4v) is 3.97. The summed E-state index contributed by atoms with van der Waals surface area (Å²) in [6.45, 7) is 8.31. The Kier molecular flexibility index (Phi) is 4.90. The average Bonchev–Trinajstić information content (AvgIpc) is 3.36. The van der Waals surface area contributed by atoms with Gasteiger partial charge in [0.15, 0.2) is 5.50 Å². The van der Waals surface area contributed by atoms with Crippen LogP contribution in [0.4, 0.5) is 10.2 Å². The van der Waals surface area contributed by atoms with Crippen molar-refractivity contribution in [3.8, 4) is 5.69 Å². The van der Waals surface area contributed by atoms with Crippen molar-refractivity contribution in [1.29, 1.82) is 0 Å². The quantitative estimate of drug-likeness (QED) is 0.666. The zero-order chi connectivity index (χ0) is 20.8. The fraction of sp³-hybridized carbons (Fsp3) is 0.333. The van der Waals surface area contributed by atoms with E-state index < -0.39 is 0 Å². The van der Waals surface area contributed by atoms with Crippen LogP contribution in [0.1, 0.15) is 37.7 Å².